The van der Waals surface area contributed by atoms with Crippen LogP contribution in [-0.2, 0) is 19.2 Å². The van der Waals surface area contributed by atoms with Crippen LogP contribution in [0.25, 0.3) is 0 Å². The minimum atomic E-state index is -1.17. The van der Waals surface area contributed by atoms with Gasteiger partial charge in [-0.1, -0.05) is 38.5 Å². The molecule has 8 fully saturated rings. The lowest BCUT2D eigenvalue weighted by Gasteiger charge is -2.56. The van der Waals surface area contributed by atoms with Crippen molar-refractivity contribution in [2.45, 2.75) is 124 Å². The zero-order valence-electron chi connectivity index (χ0n) is 25.9. The van der Waals surface area contributed by atoms with Crippen molar-refractivity contribution in [3.05, 3.63) is 0 Å². The van der Waals surface area contributed by atoms with E-state index in [1.807, 2.05) is 0 Å². The number of carbonyl (C=O) groups excluding carboxylic acids is 5. The number of urea groups is 1. The number of nitrogens with two attached hydrogens (primary N) is 1. The molecular weight excluding hydrogens is 617 g/mol. The monoisotopic (exact) mass is 663 g/mol. The molecule has 10 nitrogen and oxygen atoms in total. The van der Waals surface area contributed by atoms with Crippen LogP contribution in [0.2, 0.25) is 0 Å². The van der Waals surface area contributed by atoms with E-state index in [1.54, 1.807) is 0 Å². The largest absolute Gasteiger partial charge is 0.363 e. The summed E-state index contributed by atoms with van der Waals surface area (Å²) < 4.78 is -1.17. The maximum Gasteiger partial charge on any atom is 0.315 e. The van der Waals surface area contributed by atoms with E-state index < -0.39 is 46.0 Å². The highest BCUT2D eigenvalue weighted by Gasteiger charge is 2.74. The lowest BCUT2D eigenvalue weighted by Crippen LogP contribution is -2.64. The number of alkyl halides is 2. The Balaban J connectivity index is 1.09. The SMILES string of the molecule is NC(=O)C(=O)C(CC1CCC1)NC(=O)[C@@H]1[C@@H]2[C@H](CN1C(=O)[C@@H](NC(=O)NC13CC4CC(CC(C4)C1)C3)C1CCCCC1)C2(Cl)Cl. The topological polar surface area (TPSA) is 151 Å². The summed E-state index contributed by atoms with van der Waals surface area (Å²) in [5, 5.41) is 9.23. The maximum atomic E-state index is 14.5. The number of amides is 5. The Morgan fingerprint density at radius 3 is 2.02 bits per heavy atom. The van der Waals surface area contributed by atoms with Crippen LogP contribution >= 0.6 is 23.2 Å². The van der Waals surface area contributed by atoms with E-state index in [4.69, 9.17) is 28.9 Å². The normalized spacial score (nSPS) is 37.6. The molecule has 12 heteroatoms. The summed E-state index contributed by atoms with van der Waals surface area (Å²) in [5.41, 5.74) is 5.14. The quantitative estimate of drug-likeness (QED) is 0.208. The molecule has 248 valence electrons. The fourth-order valence-electron chi connectivity index (χ4n) is 10.6. The third kappa shape index (κ3) is 5.96. The molecule has 1 saturated heterocycles. The van der Waals surface area contributed by atoms with E-state index in [0.29, 0.717) is 24.2 Å². The van der Waals surface area contributed by atoms with Crippen molar-refractivity contribution in [2.75, 3.05) is 6.54 Å². The summed E-state index contributed by atoms with van der Waals surface area (Å²) in [7, 11) is 0. The number of piperidine rings is 1. The molecular formula is C33H47Cl2N5O5. The van der Waals surface area contributed by atoms with Crippen molar-refractivity contribution in [1.29, 1.82) is 0 Å². The van der Waals surface area contributed by atoms with Gasteiger partial charge < -0.3 is 26.6 Å². The van der Waals surface area contributed by atoms with Gasteiger partial charge in [-0.05, 0) is 87.4 Å². The minimum Gasteiger partial charge on any atom is -0.363 e. The maximum absolute atomic E-state index is 14.5. The van der Waals surface area contributed by atoms with Gasteiger partial charge >= 0.3 is 6.03 Å². The third-order valence-corrected chi connectivity index (χ3v) is 13.7. The van der Waals surface area contributed by atoms with Crippen molar-refractivity contribution in [3.8, 4) is 0 Å². The van der Waals surface area contributed by atoms with Crippen molar-refractivity contribution < 1.29 is 24.0 Å². The van der Waals surface area contributed by atoms with Crippen molar-refractivity contribution in [2.24, 2.45) is 47.2 Å². The number of ketones is 1. The summed E-state index contributed by atoms with van der Waals surface area (Å²) >= 11 is 13.2. The van der Waals surface area contributed by atoms with E-state index in [0.717, 1.165) is 70.6 Å². The first-order valence-electron chi connectivity index (χ1n) is 17.3. The second-order valence-electron chi connectivity index (χ2n) is 15.7. The summed E-state index contributed by atoms with van der Waals surface area (Å²) in [6, 6.07) is -3.16. The van der Waals surface area contributed by atoms with E-state index in [-0.39, 0.29) is 41.8 Å². The highest BCUT2D eigenvalue weighted by molar-refractivity contribution is 6.51. The predicted molar refractivity (Wildman–Crippen MR) is 168 cm³/mol. The van der Waals surface area contributed by atoms with Crippen LogP contribution in [0, 0.1) is 41.4 Å². The van der Waals surface area contributed by atoms with Gasteiger partial charge in [0.05, 0.1) is 6.04 Å². The smallest absolute Gasteiger partial charge is 0.315 e. The number of halogens is 2. The third-order valence-electron chi connectivity index (χ3n) is 12.6. The second-order valence-corrected chi connectivity index (χ2v) is 17.2. The van der Waals surface area contributed by atoms with Crippen molar-refractivity contribution in [1.82, 2.24) is 20.9 Å². The Morgan fingerprint density at radius 1 is 0.844 bits per heavy atom. The van der Waals surface area contributed by atoms with Crippen LogP contribution in [0.1, 0.15) is 96.3 Å². The van der Waals surface area contributed by atoms with Gasteiger partial charge in [0, 0.05) is 23.9 Å². The minimum absolute atomic E-state index is 0.0476. The second kappa shape index (κ2) is 11.9. The van der Waals surface area contributed by atoms with Crippen LogP contribution in [0.3, 0.4) is 0 Å². The van der Waals surface area contributed by atoms with Gasteiger partial charge in [0.25, 0.3) is 5.91 Å². The Labute approximate surface area is 275 Å². The average molecular weight is 665 g/mol. The molecule has 1 heterocycles. The lowest BCUT2D eigenvalue weighted by molar-refractivity contribution is -0.144. The van der Waals surface area contributed by atoms with Gasteiger partial charge in [0.2, 0.25) is 17.6 Å². The van der Waals surface area contributed by atoms with Crippen LogP contribution in [0.5, 0.6) is 0 Å². The number of hydrogen-bond donors (Lipinski definition) is 4. The first-order chi connectivity index (χ1) is 21.4. The lowest BCUT2D eigenvalue weighted by atomic mass is 9.53. The Morgan fingerprint density at radius 2 is 1.47 bits per heavy atom. The standard InChI is InChI=1S/C33H47Cl2N5O5/c34-33(35)22-16-40(26(24(22)33)29(43)37-23(27(41)28(36)42)12-17-5-4-6-17)30(44)25(21-7-2-1-3-8-21)38-31(45)39-32-13-18-9-19(14-32)11-20(10-18)15-32/h17-26H,1-16H2,(H2,36,42)(H,37,43)(H2,38,39,45)/t18?,19?,20?,22-,23?,24-,25-,26-,32?/m0/s1. The number of hydrogen-bond acceptors (Lipinski definition) is 5. The molecule has 5 atom stereocenters. The number of rotatable bonds is 10. The van der Waals surface area contributed by atoms with Crippen LogP contribution in [-0.4, -0.2) is 69.0 Å². The van der Waals surface area contributed by atoms with E-state index in [9.17, 15) is 24.0 Å². The van der Waals surface area contributed by atoms with E-state index >= 15 is 0 Å². The molecule has 5 N–H and O–H groups in total. The molecule has 8 aliphatic rings. The fraction of sp³-hybridized carbons (Fsp3) is 0.848. The van der Waals surface area contributed by atoms with Crippen LogP contribution in [0.15, 0.2) is 0 Å². The Kier molecular flexibility index (Phi) is 8.32. The molecule has 8 rings (SSSR count). The number of nitrogens with one attached hydrogen (secondary N) is 3. The number of Topliss-reactive ketones (excluding diaryl/α,β-unsaturated/α-hetero) is 1. The molecule has 7 aliphatic carbocycles. The molecule has 5 amide bonds. The van der Waals surface area contributed by atoms with Crippen molar-refractivity contribution in [3.63, 3.8) is 0 Å². The summed E-state index contributed by atoms with van der Waals surface area (Å²) in [6.45, 7) is 0.188. The Hall–Kier alpha value is -2.07. The number of fused-ring (bicyclic) bond motifs is 1. The van der Waals surface area contributed by atoms with Gasteiger partial charge in [-0.25, -0.2) is 4.79 Å². The number of nitrogens with zero attached hydrogens (tertiary/aromatic N) is 1. The zero-order chi connectivity index (χ0) is 31.7. The summed E-state index contributed by atoms with van der Waals surface area (Å²) in [4.78, 5) is 68.2. The molecule has 7 saturated carbocycles. The van der Waals surface area contributed by atoms with Gasteiger partial charge in [-0.2, -0.15) is 0 Å². The summed E-state index contributed by atoms with van der Waals surface area (Å²) in [6.07, 6.45) is 14.7. The average Bonchev–Trinajstić information content (AvgIpc) is 3.27. The molecule has 0 spiro atoms. The van der Waals surface area contributed by atoms with E-state index in [1.165, 1.54) is 24.2 Å². The van der Waals surface area contributed by atoms with Crippen molar-refractivity contribution >= 4 is 52.7 Å². The van der Waals surface area contributed by atoms with Gasteiger partial charge in [0.1, 0.15) is 16.4 Å². The molecule has 4 bridgehead atoms. The fourth-order valence-corrected chi connectivity index (χ4v) is 11.4. The molecule has 1 unspecified atom stereocenters. The van der Waals surface area contributed by atoms with Gasteiger partial charge in [-0.15, -0.1) is 23.2 Å². The molecule has 0 aromatic rings. The first kappa shape index (κ1) is 31.5. The van der Waals surface area contributed by atoms with Gasteiger partial charge in [-0.3, -0.25) is 19.2 Å². The number of carbonyl (C=O) groups is 5. The number of likely N-dealkylation sites (tertiary alicyclic amines) is 1. The Bertz CT molecular complexity index is 1210. The first-order valence-corrected chi connectivity index (χ1v) is 18.1. The molecule has 0 radical (unpaired) electrons. The van der Waals surface area contributed by atoms with E-state index in [2.05, 4.69) is 16.0 Å². The van der Waals surface area contributed by atoms with Crippen LogP contribution < -0.4 is 21.7 Å². The highest BCUT2D eigenvalue weighted by atomic mass is 35.5. The zero-order valence-corrected chi connectivity index (χ0v) is 27.4. The number of primary amides is 1. The molecule has 1 aliphatic heterocycles. The predicted octanol–water partition coefficient (Wildman–Crippen LogP) is 3.56. The molecule has 45 heavy (non-hydrogen) atoms. The molecule has 0 aromatic heterocycles. The molecule has 0 aromatic carbocycles. The van der Waals surface area contributed by atoms with Crippen LogP contribution in [0.4, 0.5) is 4.79 Å². The highest BCUT2D eigenvalue weighted by Crippen LogP contribution is 2.65. The summed E-state index contributed by atoms with van der Waals surface area (Å²) in [5.74, 6) is -1.43. The van der Waals surface area contributed by atoms with Gasteiger partial charge in [0.15, 0.2) is 0 Å².